The van der Waals surface area contributed by atoms with E-state index in [0.717, 1.165) is 16.7 Å². The fourth-order valence-corrected chi connectivity index (χ4v) is 1.89. The van der Waals surface area contributed by atoms with Crippen molar-refractivity contribution >= 4 is 17.3 Å². The van der Waals surface area contributed by atoms with Crippen LogP contribution in [0.3, 0.4) is 0 Å². The molecule has 0 aliphatic carbocycles. The minimum Gasteiger partial charge on any atom is -0.397 e. The Morgan fingerprint density at radius 1 is 1.00 bits per heavy atom. The van der Waals surface area contributed by atoms with Crippen LogP contribution in [0.25, 0.3) is 0 Å². The molecule has 0 bridgehead atoms. The molecule has 98 valence electrons. The van der Waals surface area contributed by atoms with Gasteiger partial charge in [-0.25, -0.2) is 0 Å². The van der Waals surface area contributed by atoms with Gasteiger partial charge in [-0.2, -0.15) is 0 Å². The topological polar surface area (TPSA) is 55.1 Å². The van der Waals surface area contributed by atoms with Crippen molar-refractivity contribution in [3.05, 3.63) is 58.7 Å². The number of amides is 1. The molecule has 0 saturated heterocycles. The molecule has 0 aliphatic heterocycles. The molecular weight excluding hydrogens is 236 g/mol. The van der Waals surface area contributed by atoms with Gasteiger partial charge in [0.15, 0.2) is 0 Å². The Labute approximate surface area is 113 Å². The number of benzene rings is 2. The van der Waals surface area contributed by atoms with Crippen LogP contribution in [-0.2, 0) is 0 Å². The Morgan fingerprint density at radius 2 is 1.63 bits per heavy atom. The summed E-state index contributed by atoms with van der Waals surface area (Å²) >= 11 is 0. The van der Waals surface area contributed by atoms with E-state index in [1.54, 1.807) is 0 Å². The molecule has 2 aromatic rings. The van der Waals surface area contributed by atoms with Crippen molar-refractivity contribution in [3.8, 4) is 0 Å². The number of rotatable bonds is 2. The molecule has 2 rings (SSSR count). The van der Waals surface area contributed by atoms with Crippen molar-refractivity contribution in [1.29, 1.82) is 0 Å². The maximum absolute atomic E-state index is 12.2. The van der Waals surface area contributed by atoms with Gasteiger partial charge in [0, 0.05) is 5.56 Å². The van der Waals surface area contributed by atoms with Gasteiger partial charge in [-0.05, 0) is 50.1 Å². The van der Waals surface area contributed by atoms with Crippen LogP contribution >= 0.6 is 0 Å². The van der Waals surface area contributed by atoms with Gasteiger partial charge in [0.25, 0.3) is 5.91 Å². The molecule has 2 aromatic carbocycles. The maximum atomic E-state index is 12.2. The van der Waals surface area contributed by atoms with Crippen molar-refractivity contribution < 1.29 is 4.79 Å². The summed E-state index contributed by atoms with van der Waals surface area (Å²) in [5.41, 5.74) is 11.1. The molecule has 0 atom stereocenters. The van der Waals surface area contributed by atoms with Crippen LogP contribution in [0.1, 0.15) is 27.0 Å². The van der Waals surface area contributed by atoms with E-state index in [2.05, 4.69) is 5.32 Å². The molecule has 3 nitrogen and oxygen atoms in total. The molecule has 3 heteroatoms. The average Bonchev–Trinajstić information content (AvgIpc) is 2.40. The highest BCUT2D eigenvalue weighted by Crippen LogP contribution is 2.26. The lowest BCUT2D eigenvalue weighted by Crippen LogP contribution is -2.14. The Kier molecular flexibility index (Phi) is 3.56. The summed E-state index contributed by atoms with van der Waals surface area (Å²) in [6, 6.07) is 11.2. The number of nitrogens with one attached hydrogen (secondary N) is 1. The number of hydrogen-bond acceptors (Lipinski definition) is 2. The number of nitrogen functional groups attached to an aromatic ring is 1. The number of nitrogens with two attached hydrogens (primary N) is 1. The molecule has 0 spiro atoms. The van der Waals surface area contributed by atoms with Gasteiger partial charge in [0.1, 0.15) is 0 Å². The van der Waals surface area contributed by atoms with Gasteiger partial charge in [0.2, 0.25) is 0 Å². The fourth-order valence-electron chi connectivity index (χ4n) is 1.89. The zero-order chi connectivity index (χ0) is 14.0. The second-order valence-corrected chi connectivity index (χ2v) is 4.79. The van der Waals surface area contributed by atoms with Crippen molar-refractivity contribution in [1.82, 2.24) is 0 Å². The van der Waals surface area contributed by atoms with Crippen LogP contribution in [0.4, 0.5) is 11.4 Å². The molecule has 0 radical (unpaired) electrons. The Balaban J connectivity index is 2.29. The van der Waals surface area contributed by atoms with Gasteiger partial charge < -0.3 is 11.1 Å². The summed E-state index contributed by atoms with van der Waals surface area (Å²) < 4.78 is 0. The highest BCUT2D eigenvalue weighted by atomic mass is 16.1. The summed E-state index contributed by atoms with van der Waals surface area (Å²) in [5, 5.41) is 2.89. The quantitative estimate of drug-likeness (QED) is 0.806. The van der Waals surface area contributed by atoms with Crippen molar-refractivity contribution in [2.45, 2.75) is 20.8 Å². The smallest absolute Gasteiger partial charge is 0.255 e. The zero-order valence-electron chi connectivity index (χ0n) is 11.4. The normalized spacial score (nSPS) is 10.3. The minimum atomic E-state index is -0.139. The van der Waals surface area contributed by atoms with E-state index in [1.807, 2.05) is 57.2 Å². The third-order valence-electron chi connectivity index (χ3n) is 3.32. The molecule has 0 heterocycles. The highest BCUT2D eigenvalue weighted by molar-refractivity contribution is 6.06. The lowest BCUT2D eigenvalue weighted by atomic mass is 10.1. The number of carbonyl (C=O) groups is 1. The summed E-state index contributed by atoms with van der Waals surface area (Å²) in [4.78, 5) is 12.2. The molecule has 0 unspecified atom stereocenters. The monoisotopic (exact) mass is 254 g/mol. The fraction of sp³-hybridized carbons (Fsp3) is 0.188. The molecule has 0 aromatic heterocycles. The van der Waals surface area contributed by atoms with Crippen molar-refractivity contribution in [2.75, 3.05) is 11.1 Å². The number of carbonyl (C=O) groups excluding carboxylic acids is 1. The maximum Gasteiger partial charge on any atom is 0.255 e. The summed E-state index contributed by atoms with van der Waals surface area (Å²) in [7, 11) is 0. The zero-order valence-corrected chi connectivity index (χ0v) is 11.4. The highest BCUT2D eigenvalue weighted by Gasteiger charge is 2.11. The van der Waals surface area contributed by atoms with Gasteiger partial charge in [0.05, 0.1) is 11.4 Å². The Morgan fingerprint density at radius 3 is 2.26 bits per heavy atom. The molecule has 0 saturated carbocycles. The average molecular weight is 254 g/mol. The summed E-state index contributed by atoms with van der Waals surface area (Å²) in [6.45, 7) is 5.94. The van der Waals surface area contributed by atoms with Crippen LogP contribution in [0, 0.1) is 20.8 Å². The van der Waals surface area contributed by atoms with Crippen LogP contribution in [0.2, 0.25) is 0 Å². The first kappa shape index (κ1) is 13.1. The van der Waals surface area contributed by atoms with Crippen molar-refractivity contribution in [2.24, 2.45) is 0 Å². The second-order valence-electron chi connectivity index (χ2n) is 4.79. The third kappa shape index (κ3) is 2.76. The third-order valence-corrected chi connectivity index (χ3v) is 3.32. The lowest BCUT2D eigenvalue weighted by molar-refractivity contribution is 0.102. The first-order valence-electron chi connectivity index (χ1n) is 6.22. The molecule has 19 heavy (non-hydrogen) atoms. The van der Waals surface area contributed by atoms with Gasteiger partial charge >= 0.3 is 0 Å². The van der Waals surface area contributed by atoms with E-state index in [0.29, 0.717) is 16.9 Å². The Bertz CT molecular complexity index is 615. The summed E-state index contributed by atoms with van der Waals surface area (Å²) in [5.74, 6) is -0.139. The lowest BCUT2D eigenvalue weighted by Gasteiger charge is -2.13. The molecule has 0 fully saturated rings. The van der Waals surface area contributed by atoms with E-state index in [-0.39, 0.29) is 5.91 Å². The molecule has 0 aliphatic rings. The first-order valence-corrected chi connectivity index (χ1v) is 6.22. The molecule has 3 N–H and O–H groups in total. The Hall–Kier alpha value is -2.29. The number of anilines is 2. The van der Waals surface area contributed by atoms with Crippen LogP contribution in [-0.4, -0.2) is 5.91 Å². The SMILES string of the molecule is Cc1ccc(C(=O)Nc2c(N)ccc(C)c2C)cc1. The van der Waals surface area contributed by atoms with Crippen LogP contribution in [0.15, 0.2) is 36.4 Å². The standard InChI is InChI=1S/C16H18N2O/c1-10-4-7-13(8-5-10)16(19)18-15-12(3)11(2)6-9-14(15)17/h4-9H,17H2,1-3H3,(H,18,19). The molecular formula is C16H18N2O. The number of aryl methyl sites for hydroxylation is 2. The second kappa shape index (κ2) is 5.14. The predicted octanol–water partition coefficient (Wildman–Crippen LogP) is 3.45. The molecule has 1 amide bonds. The van der Waals surface area contributed by atoms with E-state index in [4.69, 9.17) is 5.73 Å². The van der Waals surface area contributed by atoms with Crippen molar-refractivity contribution in [3.63, 3.8) is 0 Å². The van der Waals surface area contributed by atoms with E-state index < -0.39 is 0 Å². The minimum absolute atomic E-state index is 0.139. The van der Waals surface area contributed by atoms with Crippen LogP contribution < -0.4 is 11.1 Å². The van der Waals surface area contributed by atoms with Gasteiger partial charge in [-0.15, -0.1) is 0 Å². The largest absolute Gasteiger partial charge is 0.397 e. The number of hydrogen-bond donors (Lipinski definition) is 2. The van der Waals surface area contributed by atoms with Gasteiger partial charge in [-0.3, -0.25) is 4.79 Å². The van der Waals surface area contributed by atoms with E-state index in [9.17, 15) is 4.79 Å². The summed E-state index contributed by atoms with van der Waals surface area (Å²) in [6.07, 6.45) is 0. The first-order chi connectivity index (χ1) is 8.99. The van der Waals surface area contributed by atoms with Crippen LogP contribution in [0.5, 0.6) is 0 Å². The van der Waals surface area contributed by atoms with E-state index >= 15 is 0 Å². The van der Waals surface area contributed by atoms with E-state index in [1.165, 1.54) is 0 Å². The van der Waals surface area contributed by atoms with Gasteiger partial charge in [-0.1, -0.05) is 23.8 Å². The predicted molar refractivity (Wildman–Crippen MR) is 79.5 cm³/mol.